The molecule has 1 saturated heterocycles. The summed E-state index contributed by atoms with van der Waals surface area (Å²) in [4.78, 5) is 4.46. The van der Waals surface area contributed by atoms with E-state index in [0.29, 0.717) is 6.67 Å². The molecule has 0 aliphatic carbocycles. The molecule has 3 unspecified atom stereocenters. The lowest BCUT2D eigenvalue weighted by Gasteiger charge is -2.19. The molecule has 2 aliphatic heterocycles. The van der Waals surface area contributed by atoms with Gasteiger partial charge in [-0.3, -0.25) is 0 Å². The second-order valence-corrected chi connectivity index (χ2v) is 5.21. The highest BCUT2D eigenvalue weighted by molar-refractivity contribution is 6.06. The largest absolute Gasteiger partial charge is 0.630 e. The van der Waals surface area contributed by atoms with Gasteiger partial charge < -0.3 is 9.85 Å². The number of nitrogens with zero attached hydrogens (tertiary/aromatic N) is 2. The molecule has 2 heterocycles. The highest BCUT2D eigenvalue weighted by atomic mass is 16.6. The fourth-order valence-electron chi connectivity index (χ4n) is 3.13. The third kappa shape index (κ3) is 1.49. The molecule has 2 aromatic carbocycles. The quantitative estimate of drug-likeness (QED) is 0.458. The van der Waals surface area contributed by atoms with Gasteiger partial charge in [0.2, 0.25) is 0 Å². The van der Waals surface area contributed by atoms with Crippen molar-refractivity contribution in [3.05, 3.63) is 77.0 Å². The van der Waals surface area contributed by atoms with Gasteiger partial charge in [-0.2, -0.15) is 0 Å². The summed E-state index contributed by atoms with van der Waals surface area (Å²) in [6.45, 7) is 0.356. The Kier molecular flexibility index (Phi) is 2.16. The van der Waals surface area contributed by atoms with Gasteiger partial charge in [0.25, 0.3) is 0 Å². The van der Waals surface area contributed by atoms with Crippen molar-refractivity contribution < 1.29 is 4.65 Å². The van der Waals surface area contributed by atoms with Crippen molar-refractivity contribution in [2.75, 3.05) is 6.67 Å². The predicted molar refractivity (Wildman–Crippen MR) is 74.4 cm³/mol. The number of rotatable bonds is 2. The number of hydroxylamine groups is 3. The summed E-state index contributed by atoms with van der Waals surface area (Å²) in [7, 11) is 0. The summed E-state index contributed by atoms with van der Waals surface area (Å²) in [5.74, 6) is 0. The molecule has 0 bridgehead atoms. The molecule has 0 spiro atoms. The lowest BCUT2D eigenvalue weighted by atomic mass is 10.0. The van der Waals surface area contributed by atoms with Crippen LogP contribution in [-0.2, 0) is 0 Å². The van der Waals surface area contributed by atoms with Crippen molar-refractivity contribution >= 4 is 5.71 Å². The van der Waals surface area contributed by atoms with Crippen LogP contribution in [0.1, 0.15) is 17.2 Å². The number of aliphatic imine (C=N–C) groups is 1. The van der Waals surface area contributed by atoms with E-state index in [-0.39, 0.29) is 16.7 Å². The Bertz CT molecular complexity index is 638. The minimum atomic E-state index is -0.200. The molecule has 94 valence electrons. The summed E-state index contributed by atoms with van der Waals surface area (Å²) in [6, 6.07) is 20.1. The first kappa shape index (κ1) is 10.9. The van der Waals surface area contributed by atoms with Crippen molar-refractivity contribution in [3.8, 4) is 0 Å². The van der Waals surface area contributed by atoms with E-state index in [4.69, 9.17) is 0 Å². The highest BCUT2D eigenvalue weighted by Gasteiger charge is 2.66. The minimum absolute atomic E-state index is 0.00944. The summed E-state index contributed by atoms with van der Waals surface area (Å²) >= 11 is 0. The molecule has 0 radical (unpaired) electrons. The molecule has 2 aliphatic rings. The van der Waals surface area contributed by atoms with Gasteiger partial charge >= 0.3 is 0 Å². The molecule has 4 rings (SSSR count). The SMILES string of the molecule is [O-][N+]12CN=C(c3ccccc3)C1C2c1ccccc1. The Labute approximate surface area is 112 Å². The molecule has 3 nitrogen and oxygen atoms in total. The van der Waals surface area contributed by atoms with Crippen LogP contribution in [0.25, 0.3) is 0 Å². The smallest absolute Gasteiger partial charge is 0.191 e. The number of benzene rings is 2. The Balaban J connectivity index is 1.70. The van der Waals surface area contributed by atoms with Crippen LogP contribution >= 0.6 is 0 Å². The topological polar surface area (TPSA) is 35.4 Å². The van der Waals surface area contributed by atoms with Crippen molar-refractivity contribution in [2.45, 2.75) is 12.1 Å². The van der Waals surface area contributed by atoms with Crippen LogP contribution in [0.5, 0.6) is 0 Å². The second-order valence-electron chi connectivity index (χ2n) is 5.21. The maximum Gasteiger partial charge on any atom is 0.191 e. The average Bonchev–Trinajstić information content (AvgIpc) is 2.93. The van der Waals surface area contributed by atoms with E-state index in [1.165, 1.54) is 0 Å². The van der Waals surface area contributed by atoms with E-state index in [9.17, 15) is 5.21 Å². The first-order chi connectivity index (χ1) is 9.31. The summed E-state index contributed by atoms with van der Waals surface area (Å²) < 4.78 is -0.200. The number of hydrogen-bond donors (Lipinski definition) is 0. The van der Waals surface area contributed by atoms with E-state index < -0.39 is 0 Å². The number of fused-ring (bicyclic) bond motifs is 1. The second kappa shape index (κ2) is 3.76. The molecule has 0 N–H and O–H groups in total. The van der Waals surface area contributed by atoms with Crippen LogP contribution < -0.4 is 0 Å². The minimum Gasteiger partial charge on any atom is -0.630 e. The van der Waals surface area contributed by atoms with Crippen LogP contribution in [-0.4, -0.2) is 23.1 Å². The molecule has 0 amide bonds. The Hall–Kier alpha value is -1.97. The fraction of sp³-hybridized carbons (Fsp3) is 0.188. The van der Waals surface area contributed by atoms with Gasteiger partial charge in [-0.25, -0.2) is 4.99 Å². The maximum atomic E-state index is 12.7. The van der Waals surface area contributed by atoms with Gasteiger partial charge in [0.15, 0.2) is 18.8 Å². The van der Waals surface area contributed by atoms with Crippen LogP contribution in [0, 0.1) is 5.21 Å². The molecule has 2 aromatic rings. The van der Waals surface area contributed by atoms with Gasteiger partial charge in [-0.05, 0) is 0 Å². The Morgan fingerprint density at radius 3 is 2.21 bits per heavy atom. The first-order valence-corrected chi connectivity index (χ1v) is 6.54. The molecular weight excluding hydrogens is 236 g/mol. The molecule has 1 fully saturated rings. The number of quaternary nitrogens is 1. The van der Waals surface area contributed by atoms with E-state index in [0.717, 1.165) is 16.8 Å². The van der Waals surface area contributed by atoms with E-state index in [1.807, 2.05) is 60.7 Å². The lowest BCUT2D eigenvalue weighted by molar-refractivity contribution is -0.765. The first-order valence-electron chi connectivity index (χ1n) is 6.54. The standard InChI is InChI=1S/C16H14N2O/c19-18-11-17-14(12-7-3-1-4-8-12)16(18)15(18)13-9-5-2-6-10-13/h1-10,15-16H,11H2. The van der Waals surface area contributed by atoms with Crippen molar-refractivity contribution in [1.82, 2.24) is 0 Å². The normalized spacial score (nSPS) is 31.7. The zero-order valence-corrected chi connectivity index (χ0v) is 10.4. The Morgan fingerprint density at radius 1 is 0.895 bits per heavy atom. The predicted octanol–water partition coefficient (Wildman–Crippen LogP) is 2.88. The van der Waals surface area contributed by atoms with Crippen molar-refractivity contribution in [1.29, 1.82) is 0 Å². The molecule has 3 heteroatoms. The van der Waals surface area contributed by atoms with Gasteiger partial charge in [0, 0.05) is 11.1 Å². The van der Waals surface area contributed by atoms with Gasteiger partial charge in [0.05, 0.1) is 0 Å². The van der Waals surface area contributed by atoms with Crippen LogP contribution in [0.2, 0.25) is 0 Å². The molecule has 3 atom stereocenters. The van der Waals surface area contributed by atoms with E-state index in [2.05, 4.69) is 4.99 Å². The van der Waals surface area contributed by atoms with E-state index >= 15 is 0 Å². The van der Waals surface area contributed by atoms with Crippen molar-refractivity contribution in [3.63, 3.8) is 0 Å². The maximum absolute atomic E-state index is 12.7. The fourth-order valence-corrected chi connectivity index (χ4v) is 3.13. The van der Waals surface area contributed by atoms with Gasteiger partial charge in [-0.1, -0.05) is 60.7 Å². The van der Waals surface area contributed by atoms with Crippen molar-refractivity contribution in [2.24, 2.45) is 4.99 Å². The zero-order valence-electron chi connectivity index (χ0n) is 10.4. The molecule has 19 heavy (non-hydrogen) atoms. The van der Waals surface area contributed by atoms with Crippen LogP contribution in [0.15, 0.2) is 65.7 Å². The van der Waals surface area contributed by atoms with Crippen LogP contribution in [0.4, 0.5) is 0 Å². The molecular formula is C16H14N2O. The monoisotopic (exact) mass is 250 g/mol. The zero-order chi connectivity index (χ0) is 12.9. The lowest BCUT2D eigenvalue weighted by Crippen LogP contribution is -2.18. The third-order valence-corrected chi connectivity index (χ3v) is 4.10. The number of hydrogen-bond acceptors (Lipinski definition) is 2. The Morgan fingerprint density at radius 2 is 1.53 bits per heavy atom. The van der Waals surface area contributed by atoms with Gasteiger partial charge in [-0.15, -0.1) is 0 Å². The summed E-state index contributed by atoms with van der Waals surface area (Å²) in [5, 5.41) is 12.7. The summed E-state index contributed by atoms with van der Waals surface area (Å²) in [5.41, 5.74) is 3.19. The average molecular weight is 250 g/mol. The third-order valence-electron chi connectivity index (χ3n) is 4.10. The van der Waals surface area contributed by atoms with Gasteiger partial charge in [0.1, 0.15) is 5.71 Å². The molecule has 0 aromatic heterocycles. The van der Waals surface area contributed by atoms with Crippen LogP contribution in [0.3, 0.4) is 0 Å². The molecule has 0 saturated carbocycles. The highest BCUT2D eigenvalue weighted by Crippen LogP contribution is 2.55. The summed E-state index contributed by atoms with van der Waals surface area (Å²) in [6.07, 6.45) is 0. The van der Waals surface area contributed by atoms with E-state index in [1.54, 1.807) is 0 Å².